The van der Waals surface area contributed by atoms with Crippen LogP contribution in [0, 0.1) is 0 Å². The van der Waals surface area contributed by atoms with E-state index in [9.17, 15) is 14.4 Å². The van der Waals surface area contributed by atoms with Crippen molar-refractivity contribution in [2.24, 2.45) is 0 Å². The summed E-state index contributed by atoms with van der Waals surface area (Å²) in [6.45, 7) is 0.547. The fraction of sp³-hybridized carbons (Fsp3) is 0.150. The lowest BCUT2D eigenvalue weighted by Gasteiger charge is -2.25. The van der Waals surface area contributed by atoms with Crippen LogP contribution in [0.4, 0.5) is 4.79 Å². The Labute approximate surface area is 151 Å². The summed E-state index contributed by atoms with van der Waals surface area (Å²) in [7, 11) is 2.84. The Hall–Kier alpha value is -3.25. The van der Waals surface area contributed by atoms with E-state index in [1.165, 1.54) is 14.1 Å². The number of allylic oxidation sites excluding steroid dienone is 5. The molecule has 1 fully saturated rings. The van der Waals surface area contributed by atoms with Crippen LogP contribution < -0.4 is 10.2 Å². The van der Waals surface area contributed by atoms with E-state index in [-0.39, 0.29) is 10.5 Å². The first-order valence-corrected chi connectivity index (χ1v) is 8.29. The molecule has 1 aliphatic carbocycles. The van der Waals surface area contributed by atoms with E-state index >= 15 is 0 Å². The molecule has 0 aromatic heterocycles. The molecule has 2 N–H and O–H groups in total. The highest BCUT2D eigenvalue weighted by Crippen LogP contribution is 2.21. The monoisotopic (exact) mass is 350 g/mol. The molecule has 0 radical (unpaired) electrons. The fourth-order valence-corrected chi connectivity index (χ4v) is 2.84. The lowest BCUT2D eigenvalue weighted by molar-refractivity contribution is -0.710. The molecule has 4 amide bonds. The molecule has 3 rings (SSSR count). The van der Waals surface area contributed by atoms with Crippen LogP contribution >= 0.6 is 0 Å². The topological polar surface area (TPSA) is 70.9 Å². The number of benzene rings is 1. The van der Waals surface area contributed by atoms with Gasteiger partial charge in [-0.1, -0.05) is 54.6 Å². The molecule has 1 aromatic carbocycles. The van der Waals surface area contributed by atoms with E-state index in [4.69, 9.17) is 0 Å². The van der Waals surface area contributed by atoms with E-state index in [1.807, 2.05) is 48.6 Å². The van der Waals surface area contributed by atoms with Crippen LogP contribution in [-0.4, -0.2) is 36.8 Å². The second kappa shape index (κ2) is 7.33. The predicted molar refractivity (Wildman–Crippen MR) is 96.7 cm³/mol. The van der Waals surface area contributed by atoms with Gasteiger partial charge in [0.25, 0.3) is 5.91 Å². The molecule has 132 valence electrons. The number of imide groups is 2. The number of rotatable bonds is 3. The van der Waals surface area contributed by atoms with Gasteiger partial charge < -0.3 is 5.32 Å². The Kier molecular flexibility index (Phi) is 4.95. The molecular formula is C20H20N3O3+. The maximum atomic E-state index is 12.7. The van der Waals surface area contributed by atoms with Crippen LogP contribution in [0.3, 0.4) is 0 Å². The normalized spacial score (nSPS) is 23.2. The van der Waals surface area contributed by atoms with Crippen LogP contribution in [0.25, 0.3) is 0 Å². The molecule has 6 heteroatoms. The van der Waals surface area contributed by atoms with Crippen molar-refractivity contribution in [1.82, 2.24) is 10.2 Å². The number of carbonyl (C=O) groups excluding carboxylic acids is 3. The number of carbonyl (C=O) groups is 3. The smallest absolute Gasteiger partial charge is 0.380 e. The van der Waals surface area contributed by atoms with Crippen molar-refractivity contribution in [2.45, 2.75) is 6.54 Å². The van der Waals surface area contributed by atoms with E-state index in [0.29, 0.717) is 17.8 Å². The van der Waals surface area contributed by atoms with Gasteiger partial charge in [-0.2, -0.15) is 4.90 Å². The van der Waals surface area contributed by atoms with Gasteiger partial charge >= 0.3 is 11.9 Å². The fourth-order valence-electron chi connectivity index (χ4n) is 2.84. The van der Waals surface area contributed by atoms with Gasteiger partial charge in [0, 0.05) is 24.9 Å². The van der Waals surface area contributed by atoms with Crippen molar-refractivity contribution in [1.29, 1.82) is 0 Å². The number of hydrogen-bond donors (Lipinski definition) is 2. The van der Waals surface area contributed by atoms with Crippen LogP contribution in [-0.2, 0) is 16.1 Å². The van der Waals surface area contributed by atoms with Gasteiger partial charge in [0.15, 0.2) is 5.57 Å². The number of barbiturate groups is 1. The zero-order chi connectivity index (χ0) is 18.7. The summed E-state index contributed by atoms with van der Waals surface area (Å²) < 4.78 is 0. The Balaban J connectivity index is 1.99. The molecule has 1 atom stereocenters. The standard InChI is InChI=1S/C20H19N3O3/c1-22-18(24)17(19(25)23(2)20(22)26)15-11-7-4-8-12-16(15)21-13-14-9-5-3-6-10-14/h3-12,21H,13H2,1-2H3/p+1. The minimum absolute atomic E-state index is 0.0105. The summed E-state index contributed by atoms with van der Waals surface area (Å²) in [5.41, 5.74) is 2.23. The molecule has 0 bridgehead atoms. The van der Waals surface area contributed by atoms with Crippen molar-refractivity contribution < 1.29 is 19.3 Å². The number of nitrogens with zero attached hydrogens (tertiary/aromatic N) is 1. The van der Waals surface area contributed by atoms with E-state index < -0.39 is 17.8 Å². The summed E-state index contributed by atoms with van der Waals surface area (Å²) in [5, 5.41) is 3.29. The molecule has 1 heterocycles. The number of likely N-dealkylation sites (N-methyl/N-ethyl adjacent to an activating group) is 2. The first kappa shape index (κ1) is 17.6. The molecule has 1 unspecified atom stereocenters. The van der Waals surface area contributed by atoms with E-state index in [1.54, 1.807) is 12.2 Å². The van der Waals surface area contributed by atoms with Gasteiger partial charge in [-0.25, -0.2) is 14.5 Å². The van der Waals surface area contributed by atoms with Crippen LogP contribution in [0.1, 0.15) is 5.56 Å². The molecule has 1 aromatic rings. The maximum absolute atomic E-state index is 12.7. The van der Waals surface area contributed by atoms with Crippen LogP contribution in [0.15, 0.2) is 77.6 Å². The molecule has 6 nitrogen and oxygen atoms in total. The molecule has 0 spiro atoms. The van der Waals surface area contributed by atoms with Crippen LogP contribution in [0.2, 0.25) is 0 Å². The molecule has 2 aliphatic rings. The quantitative estimate of drug-likeness (QED) is 0.622. The number of hydrogen-bond acceptors (Lipinski definition) is 4. The third-order valence-electron chi connectivity index (χ3n) is 4.34. The lowest BCUT2D eigenvalue weighted by Crippen LogP contribution is -3.17. The summed E-state index contributed by atoms with van der Waals surface area (Å²) in [5.74, 6) is -1.10. The summed E-state index contributed by atoms with van der Waals surface area (Å²) in [6, 6.07) is 9.27. The Morgan fingerprint density at radius 2 is 1.77 bits per heavy atom. The van der Waals surface area contributed by atoms with Crippen LogP contribution in [0.5, 0.6) is 0 Å². The number of amides is 4. The third-order valence-corrected chi connectivity index (χ3v) is 4.34. The third kappa shape index (κ3) is 3.27. The molecule has 0 saturated carbocycles. The van der Waals surface area contributed by atoms with E-state index in [0.717, 1.165) is 10.5 Å². The molecular weight excluding hydrogens is 330 g/mol. The Morgan fingerprint density at radius 3 is 2.50 bits per heavy atom. The molecule has 1 saturated heterocycles. The van der Waals surface area contributed by atoms with Gasteiger partial charge in [0.1, 0.15) is 0 Å². The zero-order valence-electron chi connectivity index (χ0n) is 14.7. The van der Waals surface area contributed by atoms with Crippen molar-refractivity contribution in [2.75, 3.05) is 14.1 Å². The highest BCUT2D eigenvalue weighted by Gasteiger charge is 2.45. The molecule has 1 aliphatic heterocycles. The largest absolute Gasteiger partial charge is 0.431 e. The second-order valence-corrected chi connectivity index (χ2v) is 6.08. The first-order valence-electron chi connectivity index (χ1n) is 8.29. The van der Waals surface area contributed by atoms with Crippen molar-refractivity contribution in [3.8, 4) is 0 Å². The van der Waals surface area contributed by atoms with Crippen molar-refractivity contribution in [3.63, 3.8) is 0 Å². The average molecular weight is 350 g/mol. The first-order chi connectivity index (χ1) is 12.5. The summed E-state index contributed by atoms with van der Waals surface area (Å²) >= 11 is 0. The second-order valence-electron chi connectivity index (χ2n) is 6.08. The minimum atomic E-state index is -0.584. The van der Waals surface area contributed by atoms with Gasteiger partial charge in [-0.3, -0.25) is 4.79 Å². The predicted octanol–water partition coefficient (Wildman–Crippen LogP) is 0.716. The van der Waals surface area contributed by atoms with E-state index in [2.05, 4.69) is 5.32 Å². The average Bonchev–Trinajstić information content (AvgIpc) is 2.90. The summed E-state index contributed by atoms with van der Waals surface area (Å²) in [6.07, 6.45) is 8.96. The Morgan fingerprint density at radius 1 is 1.04 bits per heavy atom. The minimum Gasteiger partial charge on any atom is -0.380 e. The maximum Gasteiger partial charge on any atom is 0.431 e. The van der Waals surface area contributed by atoms with Gasteiger partial charge in [-0.05, 0) is 11.6 Å². The SMILES string of the molecule is CN1C(=O)C(=C2C=CC=CC=C2NCc2ccccc2)C(=O)[NH+](C)C1=O. The summed E-state index contributed by atoms with van der Waals surface area (Å²) in [4.78, 5) is 38.3. The Bertz CT molecular complexity index is 853. The van der Waals surface area contributed by atoms with Crippen molar-refractivity contribution in [3.05, 3.63) is 83.1 Å². The molecule has 26 heavy (non-hydrogen) atoms. The number of urea groups is 1. The van der Waals surface area contributed by atoms with Gasteiger partial charge in [-0.15, -0.1) is 0 Å². The highest BCUT2D eigenvalue weighted by molar-refractivity contribution is 6.24. The lowest BCUT2D eigenvalue weighted by atomic mass is 10.00. The number of quaternary nitrogens is 1. The zero-order valence-corrected chi connectivity index (χ0v) is 14.7. The van der Waals surface area contributed by atoms with Gasteiger partial charge in [0.05, 0.1) is 7.05 Å². The highest BCUT2D eigenvalue weighted by atomic mass is 16.2. The number of nitrogens with one attached hydrogen (secondary N) is 2. The van der Waals surface area contributed by atoms with Gasteiger partial charge in [0.2, 0.25) is 0 Å². The van der Waals surface area contributed by atoms with Crippen molar-refractivity contribution >= 4 is 17.8 Å².